The van der Waals surface area contributed by atoms with Gasteiger partial charge in [0.15, 0.2) is 5.82 Å². The van der Waals surface area contributed by atoms with Crippen molar-refractivity contribution in [2.75, 3.05) is 18.4 Å². The molecule has 1 aliphatic carbocycles. The lowest BCUT2D eigenvalue weighted by Crippen LogP contribution is -2.56. The lowest BCUT2D eigenvalue weighted by Gasteiger charge is -2.32. The Bertz CT molecular complexity index is 2190. The number of Topliss-reactive ketones (excluding diaryl/α,β-unsaturated/α-hetero) is 1. The van der Waals surface area contributed by atoms with Gasteiger partial charge in [-0.3, -0.25) is 34.0 Å². The molecular formula is C42H55N11O7. The Morgan fingerprint density at radius 2 is 1.70 bits per heavy atom. The molecule has 4 aromatic rings. The molecule has 320 valence electrons. The zero-order chi connectivity index (χ0) is 43.0. The summed E-state index contributed by atoms with van der Waals surface area (Å²) in [6.45, 7) is 3.37. The van der Waals surface area contributed by atoms with Gasteiger partial charge >= 0.3 is 6.03 Å². The van der Waals surface area contributed by atoms with Crippen LogP contribution in [0.3, 0.4) is 0 Å². The van der Waals surface area contributed by atoms with E-state index in [1.54, 1.807) is 50.0 Å². The van der Waals surface area contributed by atoms with Crippen LogP contribution in [0.5, 0.6) is 0 Å². The molecule has 1 unspecified atom stereocenters. The number of aryl methyl sites for hydroxylation is 1. The number of hydrogen-bond donors (Lipinski definition) is 6. The standard InChI is InChI=1S/C42H55N11O7/c1-42(2,60)34-24-45-50-53(34)30-23-33(39(57)46-31(36(54)37(43)55)15-9-10-19-44-41(59)48-35-18-20-51(3)49-35)52(25-30)40(58)32(21-26-11-5-4-6-12-26)47-38(56)29-17-16-27-13-7-8-14-28(27)22-29/h7-8,13-14,16-18,20,22,24,26,30-33,60H,4-6,9-12,15,19,21,23,25H2,1-3H3,(H2,43,55)(H,46,57)(H,47,56)(H2,44,48,49,59)/t30-,31?,32+,33-/m0/s1. The number of fused-ring (bicyclic) bond motifs is 1. The van der Waals surface area contributed by atoms with E-state index in [-0.39, 0.29) is 31.8 Å². The molecule has 1 saturated heterocycles. The van der Waals surface area contributed by atoms with Gasteiger partial charge in [0.1, 0.15) is 17.7 Å². The van der Waals surface area contributed by atoms with Gasteiger partial charge in [0, 0.05) is 44.4 Å². The van der Waals surface area contributed by atoms with Crippen LogP contribution >= 0.6 is 0 Å². The van der Waals surface area contributed by atoms with Crippen LogP contribution in [0, 0.1) is 5.92 Å². The van der Waals surface area contributed by atoms with Crippen LogP contribution in [0.1, 0.15) is 100 Å². The zero-order valence-corrected chi connectivity index (χ0v) is 34.3. The van der Waals surface area contributed by atoms with Crippen LogP contribution in [-0.2, 0) is 31.8 Å². The van der Waals surface area contributed by atoms with E-state index >= 15 is 0 Å². The van der Waals surface area contributed by atoms with Crippen molar-refractivity contribution < 1.29 is 33.9 Å². The Kier molecular flexibility index (Phi) is 13.9. The number of likely N-dealkylation sites (tertiary alicyclic amines) is 1. The number of carbonyl (C=O) groups excluding carboxylic acids is 6. The van der Waals surface area contributed by atoms with Crippen LogP contribution in [0.15, 0.2) is 60.9 Å². The molecule has 0 radical (unpaired) electrons. The molecule has 18 heteroatoms. The van der Waals surface area contributed by atoms with Crippen LogP contribution in [0.4, 0.5) is 10.6 Å². The second-order valence-corrected chi connectivity index (χ2v) is 16.4. The number of hydrogen-bond acceptors (Lipinski definition) is 10. The molecule has 2 aromatic carbocycles. The van der Waals surface area contributed by atoms with E-state index < -0.39 is 65.2 Å². The molecule has 7 N–H and O–H groups in total. The van der Waals surface area contributed by atoms with Gasteiger partial charge in [-0.05, 0) is 68.4 Å². The smallest absolute Gasteiger partial charge is 0.320 e. The number of unbranched alkanes of at least 4 members (excludes halogenated alkanes) is 1. The topological polar surface area (TPSA) is 249 Å². The van der Waals surface area contributed by atoms with E-state index in [1.165, 1.54) is 15.8 Å². The Hall–Kier alpha value is -6.17. The van der Waals surface area contributed by atoms with Crippen molar-refractivity contribution in [2.45, 2.75) is 108 Å². The average Bonchev–Trinajstić information content (AvgIpc) is 4.00. The van der Waals surface area contributed by atoms with Crippen LogP contribution < -0.4 is 27.0 Å². The maximum absolute atomic E-state index is 14.9. The first-order valence-corrected chi connectivity index (χ1v) is 20.6. The highest BCUT2D eigenvalue weighted by atomic mass is 16.3. The fourth-order valence-corrected chi connectivity index (χ4v) is 8.21. The molecule has 4 atom stereocenters. The monoisotopic (exact) mass is 825 g/mol. The third-order valence-corrected chi connectivity index (χ3v) is 11.4. The number of ketones is 1. The molecule has 6 amide bonds. The molecule has 2 aromatic heterocycles. The van der Waals surface area contributed by atoms with Crippen molar-refractivity contribution in [3.63, 3.8) is 0 Å². The number of carbonyl (C=O) groups is 6. The molecule has 0 bridgehead atoms. The Morgan fingerprint density at radius 1 is 0.950 bits per heavy atom. The lowest BCUT2D eigenvalue weighted by molar-refractivity contribution is -0.142. The predicted octanol–water partition coefficient (Wildman–Crippen LogP) is 2.83. The first-order chi connectivity index (χ1) is 28.7. The number of nitrogens with one attached hydrogen (secondary N) is 4. The van der Waals surface area contributed by atoms with Crippen molar-refractivity contribution in [2.24, 2.45) is 18.7 Å². The Labute approximate surface area is 348 Å². The summed E-state index contributed by atoms with van der Waals surface area (Å²) >= 11 is 0. The highest BCUT2D eigenvalue weighted by Crippen LogP contribution is 2.34. The van der Waals surface area contributed by atoms with Crippen molar-refractivity contribution >= 4 is 52.0 Å². The minimum absolute atomic E-state index is 0.0168. The number of rotatable bonds is 17. The van der Waals surface area contributed by atoms with Gasteiger partial charge < -0.3 is 31.7 Å². The highest BCUT2D eigenvalue weighted by molar-refractivity contribution is 6.37. The van der Waals surface area contributed by atoms with Crippen LogP contribution in [0.25, 0.3) is 10.8 Å². The van der Waals surface area contributed by atoms with Crippen molar-refractivity contribution in [3.8, 4) is 0 Å². The van der Waals surface area contributed by atoms with Crippen molar-refractivity contribution in [1.82, 2.24) is 45.6 Å². The van der Waals surface area contributed by atoms with E-state index in [0.717, 1.165) is 42.9 Å². The van der Waals surface area contributed by atoms with E-state index in [2.05, 4.69) is 36.7 Å². The number of amides is 6. The van der Waals surface area contributed by atoms with Gasteiger partial charge in [0.25, 0.3) is 11.8 Å². The number of aliphatic hydroxyl groups is 1. The number of aromatic nitrogens is 5. The van der Waals surface area contributed by atoms with Gasteiger partial charge in [-0.2, -0.15) is 5.10 Å². The quantitative estimate of drug-likeness (QED) is 0.0671. The van der Waals surface area contributed by atoms with Gasteiger partial charge in [0.05, 0.1) is 24.0 Å². The molecular weight excluding hydrogens is 771 g/mol. The van der Waals surface area contributed by atoms with Gasteiger partial charge in [-0.25, -0.2) is 9.48 Å². The normalized spacial score (nSPS) is 18.1. The van der Waals surface area contributed by atoms with Gasteiger partial charge in [-0.1, -0.05) is 67.6 Å². The summed E-state index contributed by atoms with van der Waals surface area (Å²) in [5.74, 6) is -3.29. The summed E-state index contributed by atoms with van der Waals surface area (Å²) in [5.41, 5.74) is 4.82. The summed E-state index contributed by atoms with van der Waals surface area (Å²) in [6.07, 6.45) is 9.17. The number of nitrogens with two attached hydrogens (primary N) is 1. The summed E-state index contributed by atoms with van der Waals surface area (Å²) < 4.78 is 3.05. The molecule has 2 fully saturated rings. The molecule has 3 heterocycles. The fraction of sp³-hybridized carbons (Fsp3) is 0.500. The van der Waals surface area contributed by atoms with E-state index in [1.807, 2.05) is 30.3 Å². The number of anilines is 1. The number of nitrogens with zero attached hydrogens (tertiary/aromatic N) is 6. The van der Waals surface area contributed by atoms with Crippen LogP contribution in [-0.4, -0.2) is 101 Å². The maximum atomic E-state index is 14.9. The maximum Gasteiger partial charge on any atom is 0.320 e. The van der Waals surface area contributed by atoms with E-state index in [9.17, 15) is 33.9 Å². The fourth-order valence-electron chi connectivity index (χ4n) is 8.21. The lowest BCUT2D eigenvalue weighted by atomic mass is 9.84. The summed E-state index contributed by atoms with van der Waals surface area (Å²) in [6, 6.07) is 10.1. The minimum Gasteiger partial charge on any atom is -0.384 e. The molecule has 60 heavy (non-hydrogen) atoms. The molecule has 2 aliphatic rings. The second-order valence-electron chi connectivity index (χ2n) is 16.4. The highest BCUT2D eigenvalue weighted by Gasteiger charge is 2.45. The molecule has 6 rings (SSSR count). The van der Waals surface area contributed by atoms with E-state index in [4.69, 9.17) is 5.73 Å². The largest absolute Gasteiger partial charge is 0.384 e. The van der Waals surface area contributed by atoms with Crippen molar-refractivity contribution in [3.05, 3.63) is 72.2 Å². The number of benzene rings is 2. The zero-order valence-electron chi connectivity index (χ0n) is 34.3. The summed E-state index contributed by atoms with van der Waals surface area (Å²) in [4.78, 5) is 82.2. The average molecular weight is 826 g/mol. The predicted molar refractivity (Wildman–Crippen MR) is 221 cm³/mol. The summed E-state index contributed by atoms with van der Waals surface area (Å²) in [5, 5.41) is 36.1. The Balaban J connectivity index is 1.21. The van der Waals surface area contributed by atoms with E-state index in [0.29, 0.717) is 36.3 Å². The number of urea groups is 1. The summed E-state index contributed by atoms with van der Waals surface area (Å²) in [7, 11) is 1.72. The third kappa shape index (κ3) is 10.9. The van der Waals surface area contributed by atoms with Gasteiger partial charge in [0.2, 0.25) is 17.6 Å². The first kappa shape index (κ1) is 43.4. The third-order valence-electron chi connectivity index (χ3n) is 11.4. The minimum atomic E-state index is -1.36. The Morgan fingerprint density at radius 3 is 2.40 bits per heavy atom. The van der Waals surface area contributed by atoms with Crippen molar-refractivity contribution in [1.29, 1.82) is 0 Å². The van der Waals surface area contributed by atoms with Crippen LogP contribution in [0.2, 0.25) is 0 Å². The number of primary amides is 1. The SMILES string of the molecule is Cn1ccc(NC(=O)NCCCCC(NC(=O)[C@@H]2C[C@H](n3nncc3C(C)(C)O)CN2C(=O)[C@@H](CC2CCCCC2)NC(=O)c2ccc3ccccc3c2)C(=O)C(N)=O)n1. The molecule has 0 spiro atoms. The second kappa shape index (κ2) is 19.3. The first-order valence-electron chi connectivity index (χ1n) is 20.6. The van der Waals surface area contributed by atoms with Gasteiger partial charge in [-0.15, -0.1) is 5.10 Å². The molecule has 18 nitrogen and oxygen atoms in total. The molecule has 1 aliphatic heterocycles. The molecule has 1 saturated carbocycles.